The fraction of sp³-hybridized carbons (Fsp3) is 0.100. The molecule has 0 radical (unpaired) electrons. The summed E-state index contributed by atoms with van der Waals surface area (Å²) in [5.41, 5.74) is 3.02. The first kappa shape index (κ1) is 17.1. The standard InChI is InChI=1S/C20H17N3O3S/c1-25-15-7-3-13(4-8-15)17-11-23-18(12-27-20(23)22-17)19(24)21-14-5-9-16(26-2)10-6-14/h3-12H,1-2H3,(H,21,24). The van der Waals surface area contributed by atoms with E-state index in [4.69, 9.17) is 9.47 Å². The third-order valence-corrected chi connectivity index (χ3v) is 5.02. The van der Waals surface area contributed by atoms with Gasteiger partial charge in [0.15, 0.2) is 4.96 Å². The Bertz CT molecular complexity index is 1080. The largest absolute Gasteiger partial charge is 0.497 e. The maximum atomic E-state index is 12.7. The fourth-order valence-corrected chi connectivity index (χ4v) is 3.57. The molecule has 0 spiro atoms. The van der Waals surface area contributed by atoms with Gasteiger partial charge in [0.05, 0.1) is 19.9 Å². The Morgan fingerprint density at radius 2 is 1.63 bits per heavy atom. The van der Waals surface area contributed by atoms with Crippen LogP contribution in [0.4, 0.5) is 5.69 Å². The third kappa shape index (κ3) is 3.37. The van der Waals surface area contributed by atoms with E-state index in [1.54, 1.807) is 43.9 Å². The second-order valence-corrected chi connectivity index (χ2v) is 6.65. The number of nitrogens with zero attached hydrogens (tertiary/aromatic N) is 2. The van der Waals surface area contributed by atoms with Crippen molar-refractivity contribution in [3.05, 3.63) is 65.8 Å². The first-order valence-corrected chi connectivity index (χ1v) is 9.12. The molecule has 27 heavy (non-hydrogen) atoms. The van der Waals surface area contributed by atoms with E-state index in [0.717, 1.165) is 27.7 Å². The number of fused-ring (bicyclic) bond motifs is 1. The van der Waals surface area contributed by atoms with Crippen molar-refractivity contribution in [3.8, 4) is 22.8 Å². The van der Waals surface area contributed by atoms with Gasteiger partial charge in [-0.3, -0.25) is 9.20 Å². The van der Waals surface area contributed by atoms with Crippen LogP contribution in [0.2, 0.25) is 0 Å². The minimum atomic E-state index is -0.190. The highest BCUT2D eigenvalue weighted by atomic mass is 32.1. The number of nitrogens with one attached hydrogen (secondary N) is 1. The summed E-state index contributed by atoms with van der Waals surface area (Å²) in [4.78, 5) is 18.1. The molecule has 0 bridgehead atoms. The normalized spacial score (nSPS) is 10.7. The topological polar surface area (TPSA) is 64.9 Å². The molecule has 4 rings (SSSR count). The number of carbonyl (C=O) groups excluding carboxylic acids is 1. The highest BCUT2D eigenvalue weighted by molar-refractivity contribution is 7.15. The molecule has 1 amide bonds. The summed E-state index contributed by atoms with van der Waals surface area (Å²) >= 11 is 1.43. The number of thiazole rings is 1. The van der Waals surface area contributed by atoms with E-state index >= 15 is 0 Å². The number of methoxy groups -OCH3 is 2. The number of aromatic nitrogens is 2. The number of hydrogen-bond donors (Lipinski definition) is 1. The third-order valence-electron chi connectivity index (χ3n) is 4.18. The Labute approximate surface area is 160 Å². The minimum Gasteiger partial charge on any atom is -0.497 e. The zero-order valence-corrected chi connectivity index (χ0v) is 15.6. The zero-order chi connectivity index (χ0) is 18.8. The summed E-state index contributed by atoms with van der Waals surface area (Å²) in [5, 5.41) is 4.70. The molecule has 1 N–H and O–H groups in total. The maximum absolute atomic E-state index is 12.7. The molecule has 7 heteroatoms. The predicted octanol–water partition coefficient (Wildman–Crippen LogP) is 4.33. The summed E-state index contributed by atoms with van der Waals surface area (Å²) < 4.78 is 12.1. The average molecular weight is 379 g/mol. The quantitative estimate of drug-likeness (QED) is 0.560. The summed E-state index contributed by atoms with van der Waals surface area (Å²) in [5.74, 6) is 1.34. The van der Waals surface area contributed by atoms with Gasteiger partial charge in [-0.05, 0) is 48.5 Å². The van der Waals surface area contributed by atoms with Crippen molar-refractivity contribution < 1.29 is 14.3 Å². The second-order valence-electron chi connectivity index (χ2n) is 5.81. The smallest absolute Gasteiger partial charge is 0.273 e. The van der Waals surface area contributed by atoms with Crippen LogP contribution in [0, 0.1) is 0 Å². The molecule has 0 saturated carbocycles. The van der Waals surface area contributed by atoms with Crippen molar-refractivity contribution in [1.82, 2.24) is 9.38 Å². The van der Waals surface area contributed by atoms with Gasteiger partial charge >= 0.3 is 0 Å². The molecule has 0 unspecified atom stereocenters. The molecule has 4 aromatic rings. The Morgan fingerprint density at radius 1 is 1.00 bits per heavy atom. The molecular weight excluding hydrogens is 362 g/mol. The van der Waals surface area contributed by atoms with E-state index < -0.39 is 0 Å². The molecule has 0 aliphatic carbocycles. The van der Waals surface area contributed by atoms with Gasteiger partial charge in [0.25, 0.3) is 5.91 Å². The molecule has 0 fully saturated rings. The van der Waals surface area contributed by atoms with Crippen LogP contribution in [-0.4, -0.2) is 29.5 Å². The van der Waals surface area contributed by atoms with Crippen molar-refractivity contribution in [2.45, 2.75) is 0 Å². The Hall–Kier alpha value is -3.32. The van der Waals surface area contributed by atoms with Crippen molar-refractivity contribution in [1.29, 1.82) is 0 Å². The van der Waals surface area contributed by atoms with Gasteiger partial charge < -0.3 is 14.8 Å². The first-order valence-electron chi connectivity index (χ1n) is 8.24. The molecule has 0 aliphatic rings. The number of carbonyl (C=O) groups is 1. The Kier molecular flexibility index (Phi) is 4.52. The molecular formula is C20H17N3O3S. The minimum absolute atomic E-state index is 0.190. The lowest BCUT2D eigenvalue weighted by Gasteiger charge is -2.05. The van der Waals surface area contributed by atoms with Gasteiger partial charge in [0, 0.05) is 22.8 Å². The van der Waals surface area contributed by atoms with E-state index in [1.807, 2.05) is 34.9 Å². The van der Waals surface area contributed by atoms with Crippen LogP contribution in [0.5, 0.6) is 11.5 Å². The summed E-state index contributed by atoms with van der Waals surface area (Å²) in [6.45, 7) is 0. The fourth-order valence-electron chi connectivity index (χ4n) is 2.72. The SMILES string of the molecule is COc1ccc(NC(=O)c2csc3nc(-c4ccc(OC)cc4)cn23)cc1. The van der Waals surface area contributed by atoms with Crippen LogP contribution in [-0.2, 0) is 0 Å². The number of anilines is 1. The van der Waals surface area contributed by atoms with Gasteiger partial charge in [-0.1, -0.05) is 0 Å². The van der Waals surface area contributed by atoms with Crippen LogP contribution < -0.4 is 14.8 Å². The van der Waals surface area contributed by atoms with Crippen LogP contribution in [0.3, 0.4) is 0 Å². The van der Waals surface area contributed by atoms with E-state index in [1.165, 1.54) is 11.3 Å². The van der Waals surface area contributed by atoms with Gasteiger partial charge in [-0.2, -0.15) is 0 Å². The molecule has 0 saturated heterocycles. The summed E-state index contributed by atoms with van der Waals surface area (Å²) in [7, 11) is 3.24. The summed E-state index contributed by atoms with van der Waals surface area (Å²) in [6.07, 6.45) is 1.87. The van der Waals surface area contributed by atoms with Gasteiger partial charge in [0.1, 0.15) is 17.2 Å². The Balaban J connectivity index is 1.59. The zero-order valence-electron chi connectivity index (χ0n) is 14.8. The van der Waals surface area contributed by atoms with Crippen LogP contribution in [0.25, 0.3) is 16.2 Å². The monoisotopic (exact) mass is 379 g/mol. The molecule has 136 valence electrons. The van der Waals surface area contributed by atoms with E-state index in [-0.39, 0.29) is 5.91 Å². The van der Waals surface area contributed by atoms with Crippen molar-refractivity contribution in [2.24, 2.45) is 0 Å². The molecule has 2 heterocycles. The lowest BCUT2D eigenvalue weighted by atomic mass is 10.2. The first-order chi connectivity index (χ1) is 13.2. The molecule has 2 aromatic heterocycles. The Morgan fingerprint density at radius 3 is 2.26 bits per heavy atom. The van der Waals surface area contributed by atoms with Gasteiger partial charge in [-0.25, -0.2) is 4.98 Å². The number of benzene rings is 2. The number of hydrogen-bond acceptors (Lipinski definition) is 5. The lowest BCUT2D eigenvalue weighted by Crippen LogP contribution is -2.13. The van der Waals surface area contributed by atoms with Crippen LogP contribution in [0.1, 0.15) is 10.5 Å². The van der Waals surface area contributed by atoms with Gasteiger partial charge in [0.2, 0.25) is 0 Å². The van der Waals surface area contributed by atoms with E-state index in [0.29, 0.717) is 11.4 Å². The second kappa shape index (κ2) is 7.13. The number of ether oxygens (including phenoxy) is 2. The average Bonchev–Trinajstić information content (AvgIpc) is 3.29. The highest BCUT2D eigenvalue weighted by Crippen LogP contribution is 2.26. The van der Waals surface area contributed by atoms with E-state index in [2.05, 4.69) is 10.3 Å². The predicted molar refractivity (Wildman–Crippen MR) is 106 cm³/mol. The van der Waals surface area contributed by atoms with Crippen LogP contribution >= 0.6 is 11.3 Å². The number of imidazole rings is 1. The van der Waals surface area contributed by atoms with Crippen molar-refractivity contribution in [2.75, 3.05) is 19.5 Å². The molecule has 2 aromatic carbocycles. The van der Waals surface area contributed by atoms with Crippen molar-refractivity contribution in [3.63, 3.8) is 0 Å². The number of rotatable bonds is 5. The number of amides is 1. The van der Waals surface area contributed by atoms with Gasteiger partial charge in [-0.15, -0.1) is 11.3 Å². The lowest BCUT2D eigenvalue weighted by molar-refractivity contribution is 0.102. The summed E-state index contributed by atoms with van der Waals surface area (Å²) in [6, 6.07) is 14.9. The molecule has 6 nitrogen and oxygen atoms in total. The maximum Gasteiger partial charge on any atom is 0.273 e. The van der Waals surface area contributed by atoms with Crippen molar-refractivity contribution >= 4 is 27.9 Å². The van der Waals surface area contributed by atoms with E-state index in [9.17, 15) is 4.79 Å². The highest BCUT2D eigenvalue weighted by Gasteiger charge is 2.15. The molecule has 0 atom stereocenters. The molecule has 0 aliphatic heterocycles. The van der Waals surface area contributed by atoms with Crippen LogP contribution in [0.15, 0.2) is 60.1 Å².